The first kappa shape index (κ1) is 12.9. The highest BCUT2D eigenvalue weighted by Crippen LogP contribution is 2.06. The van der Waals surface area contributed by atoms with Crippen LogP contribution in [0.15, 0.2) is 23.4 Å². The third kappa shape index (κ3) is 3.16. The van der Waals surface area contributed by atoms with Crippen molar-refractivity contribution in [3.05, 3.63) is 24.2 Å². The third-order valence-electron chi connectivity index (χ3n) is 2.06. The molecule has 6 nitrogen and oxygen atoms in total. The van der Waals surface area contributed by atoms with Gasteiger partial charge in [-0.15, -0.1) is 0 Å². The molecule has 0 saturated carbocycles. The largest absolute Gasteiger partial charge is 0.337 e. The Labute approximate surface area is 95.2 Å². The van der Waals surface area contributed by atoms with Crippen molar-refractivity contribution in [1.82, 2.24) is 14.3 Å². The zero-order chi connectivity index (χ0) is 12.2. The molecule has 0 aliphatic carbocycles. The first-order valence-electron chi connectivity index (χ1n) is 4.82. The van der Waals surface area contributed by atoms with Gasteiger partial charge in [-0.25, -0.2) is 18.1 Å². The van der Waals surface area contributed by atoms with Crippen LogP contribution in [0.4, 0.5) is 0 Å². The number of nitrogens with two attached hydrogens (primary N) is 1. The van der Waals surface area contributed by atoms with Gasteiger partial charge in [0, 0.05) is 26.3 Å². The molecule has 0 amide bonds. The van der Waals surface area contributed by atoms with E-state index in [1.165, 1.54) is 6.20 Å². The van der Waals surface area contributed by atoms with Crippen LogP contribution in [0.25, 0.3) is 0 Å². The summed E-state index contributed by atoms with van der Waals surface area (Å²) in [5, 5.41) is 0.0358. The van der Waals surface area contributed by atoms with E-state index in [0.717, 1.165) is 0 Å². The van der Waals surface area contributed by atoms with E-state index in [9.17, 15) is 8.42 Å². The molecule has 0 aliphatic rings. The normalized spacial score (nSPS) is 12.4. The van der Waals surface area contributed by atoms with Crippen LogP contribution in [0.3, 0.4) is 0 Å². The maximum absolute atomic E-state index is 11.7. The van der Waals surface area contributed by atoms with Crippen LogP contribution in [0.1, 0.15) is 5.82 Å². The molecule has 0 unspecified atom stereocenters. The summed E-state index contributed by atoms with van der Waals surface area (Å²) in [6.45, 7) is 2.35. The number of imidazole rings is 1. The summed E-state index contributed by atoms with van der Waals surface area (Å²) in [4.78, 5) is 3.94. The molecule has 1 heterocycles. The third-order valence-corrected chi connectivity index (χ3v) is 3.35. The lowest BCUT2D eigenvalue weighted by Crippen LogP contribution is -2.24. The van der Waals surface area contributed by atoms with Gasteiger partial charge in [-0.3, -0.25) is 0 Å². The van der Waals surface area contributed by atoms with Gasteiger partial charge in [-0.1, -0.05) is 12.2 Å². The van der Waals surface area contributed by atoms with Crippen LogP contribution in [0.2, 0.25) is 0 Å². The molecule has 1 rings (SSSR count). The lowest BCUT2D eigenvalue weighted by atomic mass is 10.5. The second-order valence-corrected chi connectivity index (χ2v) is 5.01. The Morgan fingerprint density at radius 3 is 2.75 bits per heavy atom. The minimum atomic E-state index is -3.52. The topological polar surface area (TPSA) is 90.0 Å². The summed E-state index contributed by atoms with van der Waals surface area (Å²) >= 11 is 0. The molecule has 0 spiro atoms. The van der Waals surface area contributed by atoms with Gasteiger partial charge in [0.15, 0.2) is 5.03 Å². The first-order valence-corrected chi connectivity index (χ1v) is 6.30. The molecule has 0 aromatic carbocycles. The standard InChI is InChI=1S/C9H16N4O2S/c1-8-12-9(7-13(8)2)16(14,15)11-6-4-3-5-10/h3-4,7,11H,5-6,10H2,1-2H3/b4-3+. The number of sulfonamides is 1. The number of nitrogens with one attached hydrogen (secondary N) is 1. The van der Waals surface area contributed by atoms with Crippen molar-refractivity contribution in [1.29, 1.82) is 0 Å². The van der Waals surface area contributed by atoms with E-state index >= 15 is 0 Å². The number of hydrogen-bond acceptors (Lipinski definition) is 4. The second-order valence-electron chi connectivity index (χ2n) is 3.30. The first-order chi connectivity index (χ1) is 7.47. The molecule has 0 saturated heterocycles. The molecule has 90 valence electrons. The smallest absolute Gasteiger partial charge is 0.259 e. The van der Waals surface area contributed by atoms with Crippen LogP contribution in [0.5, 0.6) is 0 Å². The predicted molar refractivity (Wildman–Crippen MR) is 61.3 cm³/mol. The zero-order valence-electron chi connectivity index (χ0n) is 9.34. The van der Waals surface area contributed by atoms with Crippen LogP contribution in [-0.4, -0.2) is 31.1 Å². The van der Waals surface area contributed by atoms with Crippen molar-refractivity contribution < 1.29 is 8.42 Å². The quantitative estimate of drug-likeness (QED) is 0.685. The summed E-state index contributed by atoms with van der Waals surface area (Å²) in [5.41, 5.74) is 5.23. The van der Waals surface area contributed by atoms with Gasteiger partial charge in [0.25, 0.3) is 10.0 Å². The number of hydrogen-bond donors (Lipinski definition) is 2. The molecular formula is C9H16N4O2S. The minimum Gasteiger partial charge on any atom is -0.337 e. The molecule has 1 aromatic rings. The van der Waals surface area contributed by atoms with Crippen LogP contribution in [0, 0.1) is 6.92 Å². The van der Waals surface area contributed by atoms with Gasteiger partial charge in [0.2, 0.25) is 0 Å². The molecule has 0 bridgehead atoms. The van der Waals surface area contributed by atoms with Crippen molar-refractivity contribution in [2.45, 2.75) is 11.9 Å². The lowest BCUT2D eigenvalue weighted by Gasteiger charge is -1.99. The maximum atomic E-state index is 11.7. The predicted octanol–water partition coefficient (Wildman–Crippen LogP) is -0.478. The number of aryl methyl sites for hydroxylation is 2. The van der Waals surface area contributed by atoms with Crippen LogP contribution >= 0.6 is 0 Å². The van der Waals surface area contributed by atoms with Gasteiger partial charge >= 0.3 is 0 Å². The summed E-state index contributed by atoms with van der Waals surface area (Å²) < 4.78 is 27.5. The summed E-state index contributed by atoms with van der Waals surface area (Å²) in [6, 6.07) is 0. The van der Waals surface area contributed by atoms with E-state index < -0.39 is 10.0 Å². The Bertz CT molecular complexity index is 456. The monoisotopic (exact) mass is 244 g/mol. The molecule has 0 radical (unpaired) electrons. The Morgan fingerprint density at radius 1 is 1.56 bits per heavy atom. The molecule has 0 fully saturated rings. The Kier molecular flexibility index (Phi) is 4.22. The highest BCUT2D eigenvalue weighted by Gasteiger charge is 2.16. The molecule has 7 heteroatoms. The Hall–Kier alpha value is -1.18. The SMILES string of the molecule is Cc1nc(S(=O)(=O)NC/C=C/CN)cn1C. The van der Waals surface area contributed by atoms with Crippen molar-refractivity contribution in [3.8, 4) is 0 Å². The molecule has 0 atom stereocenters. The molecule has 16 heavy (non-hydrogen) atoms. The van der Waals surface area contributed by atoms with Crippen LogP contribution in [-0.2, 0) is 17.1 Å². The summed E-state index contributed by atoms with van der Waals surface area (Å²) in [5.74, 6) is 0.651. The summed E-state index contributed by atoms with van der Waals surface area (Å²) in [6.07, 6.45) is 4.82. The van der Waals surface area contributed by atoms with Gasteiger partial charge < -0.3 is 10.3 Å². The van der Waals surface area contributed by atoms with E-state index in [2.05, 4.69) is 9.71 Å². The Morgan fingerprint density at radius 2 is 2.25 bits per heavy atom. The van der Waals surface area contributed by atoms with E-state index in [1.807, 2.05) is 0 Å². The average molecular weight is 244 g/mol. The fourth-order valence-electron chi connectivity index (χ4n) is 1.07. The van der Waals surface area contributed by atoms with E-state index in [1.54, 1.807) is 30.7 Å². The maximum Gasteiger partial charge on any atom is 0.259 e. The van der Waals surface area contributed by atoms with Crippen LogP contribution < -0.4 is 10.5 Å². The molecular weight excluding hydrogens is 228 g/mol. The number of aromatic nitrogens is 2. The highest BCUT2D eigenvalue weighted by molar-refractivity contribution is 7.89. The van der Waals surface area contributed by atoms with Gasteiger partial charge in [-0.2, -0.15) is 0 Å². The van der Waals surface area contributed by atoms with Crippen molar-refractivity contribution in [3.63, 3.8) is 0 Å². The zero-order valence-corrected chi connectivity index (χ0v) is 10.2. The highest BCUT2D eigenvalue weighted by atomic mass is 32.2. The number of nitrogens with zero attached hydrogens (tertiary/aromatic N) is 2. The average Bonchev–Trinajstić information content (AvgIpc) is 2.55. The van der Waals surface area contributed by atoms with Crippen molar-refractivity contribution in [2.24, 2.45) is 12.8 Å². The fraction of sp³-hybridized carbons (Fsp3) is 0.444. The van der Waals surface area contributed by atoms with Crippen molar-refractivity contribution >= 4 is 10.0 Å². The molecule has 0 aliphatic heterocycles. The Balaban J connectivity index is 2.74. The van der Waals surface area contributed by atoms with Gasteiger partial charge in [0.1, 0.15) is 5.82 Å². The molecule has 1 aromatic heterocycles. The van der Waals surface area contributed by atoms with Gasteiger partial charge in [-0.05, 0) is 6.92 Å². The van der Waals surface area contributed by atoms with E-state index in [0.29, 0.717) is 12.4 Å². The number of rotatable bonds is 5. The summed E-state index contributed by atoms with van der Waals surface area (Å²) in [7, 11) is -1.77. The van der Waals surface area contributed by atoms with E-state index in [-0.39, 0.29) is 11.6 Å². The van der Waals surface area contributed by atoms with E-state index in [4.69, 9.17) is 5.73 Å². The van der Waals surface area contributed by atoms with Gasteiger partial charge in [0.05, 0.1) is 0 Å². The van der Waals surface area contributed by atoms with Crippen molar-refractivity contribution in [2.75, 3.05) is 13.1 Å². The fourth-order valence-corrected chi connectivity index (χ4v) is 2.08. The second kappa shape index (κ2) is 5.24. The lowest BCUT2D eigenvalue weighted by molar-refractivity contribution is 0.582. The molecule has 3 N–H and O–H groups in total. The minimum absolute atomic E-state index is 0.0358.